The van der Waals surface area contributed by atoms with Crippen molar-refractivity contribution in [3.05, 3.63) is 29.3 Å². The number of aliphatic carboxylic acids is 1. The Hall–Kier alpha value is -1.55. The number of rotatable bonds is 3. The monoisotopic (exact) mass is 248 g/mol. The quantitative estimate of drug-likeness (QED) is 0.857. The predicted molar refractivity (Wildman–Crippen MR) is 64.5 cm³/mol. The number of aryl methyl sites for hydroxylation is 1. The van der Waals surface area contributed by atoms with Gasteiger partial charge >= 0.3 is 5.97 Å². The molecule has 0 radical (unpaired) electrons. The molecule has 2 N–H and O–H groups in total. The van der Waals surface area contributed by atoms with Gasteiger partial charge in [-0.15, -0.1) is 0 Å². The standard InChI is InChI=1S/C14H16O4/c15-12(14(5-6-14)13(16)17)10-3-4-11-9(8-10)2-1-7-18-11/h3-4,8,12,15H,1-2,5-7H2,(H,16,17). The summed E-state index contributed by atoms with van der Waals surface area (Å²) in [7, 11) is 0. The largest absolute Gasteiger partial charge is 0.493 e. The van der Waals surface area contributed by atoms with E-state index in [0.717, 1.165) is 30.8 Å². The van der Waals surface area contributed by atoms with Crippen LogP contribution < -0.4 is 4.74 Å². The Morgan fingerprint density at radius 3 is 2.83 bits per heavy atom. The summed E-state index contributed by atoms with van der Waals surface area (Å²) in [6.07, 6.45) is 2.09. The molecule has 1 aliphatic carbocycles. The lowest BCUT2D eigenvalue weighted by atomic mass is 9.91. The zero-order valence-electron chi connectivity index (χ0n) is 10.1. The number of hydrogen-bond acceptors (Lipinski definition) is 3. The predicted octanol–water partition coefficient (Wildman–Crippen LogP) is 1.91. The average Bonchev–Trinajstić information content (AvgIpc) is 3.19. The van der Waals surface area contributed by atoms with Crippen molar-refractivity contribution in [1.82, 2.24) is 0 Å². The summed E-state index contributed by atoms with van der Waals surface area (Å²) in [5.74, 6) is -0.0404. The third kappa shape index (κ3) is 1.68. The normalized spacial score (nSPS) is 21.6. The third-order valence-electron chi connectivity index (χ3n) is 3.99. The highest BCUT2D eigenvalue weighted by Crippen LogP contribution is 2.55. The van der Waals surface area contributed by atoms with E-state index < -0.39 is 17.5 Å². The molecule has 1 atom stereocenters. The highest BCUT2D eigenvalue weighted by molar-refractivity contribution is 5.79. The highest BCUT2D eigenvalue weighted by Gasteiger charge is 2.56. The van der Waals surface area contributed by atoms with E-state index in [0.29, 0.717) is 18.4 Å². The summed E-state index contributed by atoms with van der Waals surface area (Å²) >= 11 is 0. The number of hydrogen-bond donors (Lipinski definition) is 2. The van der Waals surface area contributed by atoms with Crippen LogP contribution >= 0.6 is 0 Å². The van der Waals surface area contributed by atoms with E-state index in [9.17, 15) is 15.0 Å². The molecule has 3 rings (SSSR count). The van der Waals surface area contributed by atoms with Crippen LogP contribution in [-0.2, 0) is 11.2 Å². The molecule has 96 valence electrons. The Morgan fingerprint density at radius 2 is 2.17 bits per heavy atom. The van der Waals surface area contributed by atoms with E-state index in [4.69, 9.17) is 4.74 Å². The van der Waals surface area contributed by atoms with Crippen molar-refractivity contribution in [3.8, 4) is 5.75 Å². The van der Waals surface area contributed by atoms with Gasteiger partial charge in [0.25, 0.3) is 0 Å². The van der Waals surface area contributed by atoms with Crippen molar-refractivity contribution in [3.63, 3.8) is 0 Å². The molecule has 0 bridgehead atoms. The van der Waals surface area contributed by atoms with E-state index in [1.807, 2.05) is 12.1 Å². The first kappa shape index (κ1) is 11.5. The SMILES string of the molecule is O=C(O)C1(C(O)c2ccc3c(c2)CCCO3)CC1. The van der Waals surface area contributed by atoms with Crippen LogP contribution in [0.4, 0.5) is 0 Å². The summed E-state index contributed by atoms with van der Waals surface area (Å²) < 4.78 is 5.51. The number of aliphatic hydroxyl groups is 1. The maximum atomic E-state index is 11.2. The van der Waals surface area contributed by atoms with E-state index >= 15 is 0 Å². The number of carbonyl (C=O) groups is 1. The van der Waals surface area contributed by atoms with Gasteiger partial charge in [-0.05, 0) is 48.9 Å². The van der Waals surface area contributed by atoms with Crippen molar-refractivity contribution in [2.24, 2.45) is 5.41 Å². The lowest BCUT2D eigenvalue weighted by molar-refractivity contribution is -0.148. The van der Waals surface area contributed by atoms with Crippen molar-refractivity contribution in [2.45, 2.75) is 31.8 Å². The summed E-state index contributed by atoms with van der Waals surface area (Å²) in [6.45, 7) is 0.730. The van der Waals surface area contributed by atoms with E-state index in [2.05, 4.69) is 0 Å². The molecular formula is C14H16O4. The van der Waals surface area contributed by atoms with E-state index in [1.165, 1.54) is 0 Å². The van der Waals surface area contributed by atoms with Gasteiger partial charge in [0, 0.05) is 0 Å². The molecular weight excluding hydrogens is 232 g/mol. The molecule has 1 aromatic carbocycles. The lowest BCUT2D eigenvalue weighted by Crippen LogP contribution is -2.23. The van der Waals surface area contributed by atoms with Crippen molar-refractivity contribution < 1.29 is 19.7 Å². The minimum Gasteiger partial charge on any atom is -0.493 e. The molecule has 2 aliphatic rings. The fraction of sp³-hybridized carbons (Fsp3) is 0.500. The molecule has 4 heteroatoms. The van der Waals surface area contributed by atoms with Crippen molar-refractivity contribution >= 4 is 5.97 Å². The number of fused-ring (bicyclic) bond motifs is 1. The van der Waals surface area contributed by atoms with Crippen molar-refractivity contribution in [1.29, 1.82) is 0 Å². The van der Waals surface area contributed by atoms with Gasteiger partial charge < -0.3 is 14.9 Å². The molecule has 0 saturated heterocycles. The number of carboxylic acid groups (broad SMARTS) is 1. The highest BCUT2D eigenvalue weighted by atomic mass is 16.5. The number of carboxylic acids is 1. The van der Waals surface area contributed by atoms with Crippen LogP contribution in [-0.4, -0.2) is 22.8 Å². The Bertz CT molecular complexity index is 491. The second-order valence-electron chi connectivity index (χ2n) is 5.18. The van der Waals surface area contributed by atoms with Gasteiger partial charge in [0.15, 0.2) is 0 Å². The lowest BCUT2D eigenvalue weighted by Gasteiger charge is -2.22. The molecule has 1 saturated carbocycles. The number of ether oxygens (including phenoxy) is 1. The second-order valence-corrected chi connectivity index (χ2v) is 5.18. The summed E-state index contributed by atoms with van der Waals surface area (Å²) in [5.41, 5.74) is 0.808. The van der Waals surface area contributed by atoms with Gasteiger partial charge in [-0.1, -0.05) is 6.07 Å². The third-order valence-corrected chi connectivity index (χ3v) is 3.99. The van der Waals surface area contributed by atoms with Crippen LogP contribution in [0.15, 0.2) is 18.2 Å². The van der Waals surface area contributed by atoms with Gasteiger partial charge in [0.1, 0.15) is 5.75 Å². The van der Waals surface area contributed by atoms with Gasteiger partial charge in [-0.25, -0.2) is 0 Å². The topological polar surface area (TPSA) is 66.8 Å². The first-order valence-corrected chi connectivity index (χ1v) is 6.30. The molecule has 1 fully saturated rings. The molecule has 1 aromatic rings. The summed E-state index contributed by atoms with van der Waals surface area (Å²) in [6, 6.07) is 5.50. The molecule has 1 heterocycles. The van der Waals surface area contributed by atoms with Gasteiger partial charge in [0.05, 0.1) is 18.1 Å². The Kier molecular flexibility index (Phi) is 2.55. The summed E-state index contributed by atoms with van der Waals surface area (Å²) in [5, 5.41) is 19.5. The van der Waals surface area contributed by atoms with Gasteiger partial charge in [-0.2, -0.15) is 0 Å². The zero-order chi connectivity index (χ0) is 12.8. The Balaban J connectivity index is 1.91. The fourth-order valence-electron chi connectivity index (χ4n) is 2.61. The van der Waals surface area contributed by atoms with Crippen LogP contribution in [0.25, 0.3) is 0 Å². The minimum atomic E-state index is -0.955. The molecule has 1 aliphatic heterocycles. The minimum absolute atomic E-state index is 0.553. The van der Waals surface area contributed by atoms with Crippen LogP contribution in [0.3, 0.4) is 0 Å². The molecule has 0 aromatic heterocycles. The second kappa shape index (κ2) is 3.99. The molecule has 1 unspecified atom stereocenters. The van der Waals surface area contributed by atoms with Crippen LogP contribution in [0.2, 0.25) is 0 Å². The Morgan fingerprint density at radius 1 is 1.39 bits per heavy atom. The average molecular weight is 248 g/mol. The molecule has 0 amide bonds. The fourth-order valence-corrected chi connectivity index (χ4v) is 2.61. The van der Waals surface area contributed by atoms with Gasteiger partial charge in [0.2, 0.25) is 0 Å². The first-order valence-electron chi connectivity index (χ1n) is 6.30. The van der Waals surface area contributed by atoms with E-state index in [-0.39, 0.29) is 0 Å². The van der Waals surface area contributed by atoms with Crippen LogP contribution in [0, 0.1) is 5.41 Å². The van der Waals surface area contributed by atoms with Gasteiger partial charge in [-0.3, -0.25) is 4.79 Å². The number of benzene rings is 1. The molecule has 18 heavy (non-hydrogen) atoms. The summed E-state index contributed by atoms with van der Waals surface area (Å²) in [4.78, 5) is 11.2. The molecule has 4 nitrogen and oxygen atoms in total. The van der Waals surface area contributed by atoms with Crippen LogP contribution in [0.5, 0.6) is 5.75 Å². The first-order chi connectivity index (χ1) is 8.63. The van der Waals surface area contributed by atoms with Crippen molar-refractivity contribution in [2.75, 3.05) is 6.61 Å². The van der Waals surface area contributed by atoms with Crippen LogP contribution in [0.1, 0.15) is 36.5 Å². The van der Waals surface area contributed by atoms with E-state index in [1.54, 1.807) is 6.07 Å². The maximum Gasteiger partial charge on any atom is 0.312 e. The maximum absolute atomic E-state index is 11.2. The smallest absolute Gasteiger partial charge is 0.312 e. The molecule has 0 spiro atoms. The number of aliphatic hydroxyl groups excluding tert-OH is 1. The Labute approximate surface area is 105 Å². The zero-order valence-corrected chi connectivity index (χ0v) is 10.1.